The second-order valence-electron chi connectivity index (χ2n) is 15.5. The topological polar surface area (TPSA) is 68.1 Å². The molecule has 4 aliphatic carbocycles. The molecule has 45 heavy (non-hydrogen) atoms. The molecule has 9 heteroatoms. The predicted molar refractivity (Wildman–Crippen MR) is 171 cm³/mol. The van der Waals surface area contributed by atoms with Crippen molar-refractivity contribution in [3.63, 3.8) is 0 Å². The number of alkyl halides is 3. The molecule has 1 heterocycles. The molecule has 1 spiro atoms. The smallest absolute Gasteiger partial charge is 0.302 e. The Morgan fingerprint density at radius 2 is 1.76 bits per heavy atom. The Morgan fingerprint density at radius 1 is 1.09 bits per heavy atom. The van der Waals surface area contributed by atoms with Gasteiger partial charge in [-0.15, -0.1) is 16.7 Å². The largest absolute Gasteiger partial charge is 0.386 e. The number of thioether (sulfide) groups is 1. The van der Waals surface area contributed by atoms with E-state index >= 15 is 13.2 Å². The van der Waals surface area contributed by atoms with Crippen molar-refractivity contribution in [3.8, 4) is 0 Å². The third kappa shape index (κ3) is 4.83. The lowest BCUT2D eigenvalue weighted by Gasteiger charge is -2.59. The number of benzene rings is 1. The van der Waals surface area contributed by atoms with Crippen LogP contribution in [0.1, 0.15) is 97.5 Å². The summed E-state index contributed by atoms with van der Waals surface area (Å²) in [4.78, 5) is 14.1. The van der Waals surface area contributed by atoms with Crippen molar-refractivity contribution in [1.29, 1.82) is 0 Å². The average molecular weight is 648 g/mol. The lowest BCUT2D eigenvalue weighted by molar-refractivity contribution is -0.313. The van der Waals surface area contributed by atoms with Crippen molar-refractivity contribution in [2.24, 2.45) is 27.8 Å². The van der Waals surface area contributed by atoms with Gasteiger partial charge in [0.25, 0.3) is 0 Å². The van der Waals surface area contributed by atoms with Gasteiger partial charge in [-0.1, -0.05) is 57.2 Å². The SMILES string of the molecule is C=CC(F)(F)C(C)(F)C1(O)CCC2C3CCC4(N=O)CC5(CCC4=C3C(c3ccc(SCC)cc3)CC21C)OCC(C)(C)CO5. The number of ether oxygens (including phenoxy) is 2. The Bertz CT molecular complexity index is 1370. The summed E-state index contributed by atoms with van der Waals surface area (Å²) < 4.78 is 59.7. The molecular weight excluding hydrogens is 599 g/mol. The highest BCUT2D eigenvalue weighted by molar-refractivity contribution is 7.99. The third-order valence-electron chi connectivity index (χ3n) is 12.4. The van der Waals surface area contributed by atoms with Crippen molar-refractivity contribution >= 4 is 11.8 Å². The molecule has 5 nitrogen and oxygen atoms in total. The maximum absolute atomic E-state index is 16.5. The zero-order chi connectivity index (χ0) is 32.7. The van der Waals surface area contributed by atoms with Crippen molar-refractivity contribution in [1.82, 2.24) is 0 Å². The summed E-state index contributed by atoms with van der Waals surface area (Å²) >= 11 is 1.73. The summed E-state index contributed by atoms with van der Waals surface area (Å²) in [5.74, 6) is -4.45. The fraction of sp³-hybridized carbons (Fsp3) is 0.722. The number of fused-ring (bicyclic) bond motifs is 4. The van der Waals surface area contributed by atoms with Gasteiger partial charge < -0.3 is 14.6 Å². The van der Waals surface area contributed by atoms with Crippen LogP contribution in [0.3, 0.4) is 0 Å². The maximum Gasteiger partial charge on any atom is 0.302 e. The third-order valence-corrected chi connectivity index (χ3v) is 13.3. The quantitative estimate of drug-likeness (QED) is 0.182. The Balaban J connectivity index is 1.48. The summed E-state index contributed by atoms with van der Waals surface area (Å²) in [5, 5.41) is 16.1. The van der Waals surface area contributed by atoms with Crippen LogP contribution in [0.4, 0.5) is 13.2 Å². The average Bonchev–Trinajstić information content (AvgIpc) is 3.30. The van der Waals surface area contributed by atoms with Crippen LogP contribution < -0.4 is 0 Å². The van der Waals surface area contributed by atoms with E-state index in [0.717, 1.165) is 34.3 Å². The summed E-state index contributed by atoms with van der Waals surface area (Å²) in [6, 6.07) is 8.28. The molecule has 5 aliphatic rings. The number of halogens is 3. The highest BCUT2D eigenvalue weighted by Gasteiger charge is 2.75. The number of allylic oxidation sites excluding steroid dienone is 2. The van der Waals surface area contributed by atoms with Gasteiger partial charge in [0, 0.05) is 34.5 Å². The molecule has 248 valence electrons. The van der Waals surface area contributed by atoms with Crippen LogP contribution in [0.15, 0.2) is 58.1 Å². The van der Waals surface area contributed by atoms with Gasteiger partial charge >= 0.3 is 5.92 Å². The molecule has 7 atom stereocenters. The number of rotatable bonds is 7. The van der Waals surface area contributed by atoms with E-state index in [1.54, 1.807) is 11.8 Å². The zero-order valence-electron chi connectivity index (χ0n) is 27.3. The molecule has 0 radical (unpaired) electrons. The van der Waals surface area contributed by atoms with Gasteiger partial charge in [0.2, 0.25) is 5.67 Å². The van der Waals surface area contributed by atoms with E-state index in [1.807, 2.05) is 6.92 Å². The molecule has 0 amide bonds. The predicted octanol–water partition coefficient (Wildman–Crippen LogP) is 9.15. The van der Waals surface area contributed by atoms with Crippen molar-refractivity contribution in [2.75, 3.05) is 19.0 Å². The van der Waals surface area contributed by atoms with Crippen LogP contribution in [0.25, 0.3) is 0 Å². The first kappa shape index (κ1) is 33.2. The van der Waals surface area contributed by atoms with Gasteiger partial charge in [0.15, 0.2) is 5.79 Å². The lowest BCUT2D eigenvalue weighted by Crippen LogP contribution is -2.66. The van der Waals surface area contributed by atoms with Crippen molar-refractivity contribution < 1.29 is 27.8 Å². The van der Waals surface area contributed by atoms with Gasteiger partial charge in [-0.2, -0.15) is 8.78 Å². The monoisotopic (exact) mass is 647 g/mol. The number of hydrogen-bond donors (Lipinski definition) is 1. The molecule has 1 aliphatic heterocycles. The summed E-state index contributed by atoms with van der Waals surface area (Å²) in [6.45, 7) is 13.2. The van der Waals surface area contributed by atoms with Gasteiger partial charge in [-0.25, -0.2) is 4.39 Å². The normalized spacial score (nSPS) is 38.6. The van der Waals surface area contributed by atoms with E-state index in [9.17, 15) is 10.0 Å². The fourth-order valence-corrected chi connectivity index (χ4v) is 10.6. The number of aliphatic hydroxyl groups is 1. The first-order valence-electron chi connectivity index (χ1n) is 16.5. The zero-order valence-corrected chi connectivity index (χ0v) is 28.1. The maximum atomic E-state index is 16.5. The van der Waals surface area contributed by atoms with Crippen LogP contribution in [0, 0.1) is 27.6 Å². The van der Waals surface area contributed by atoms with Gasteiger partial charge in [0.1, 0.15) is 11.1 Å². The lowest BCUT2D eigenvalue weighted by atomic mass is 9.48. The Labute approximate surface area is 269 Å². The van der Waals surface area contributed by atoms with E-state index in [-0.39, 0.29) is 36.0 Å². The molecule has 0 bridgehead atoms. The van der Waals surface area contributed by atoms with Gasteiger partial charge in [0.05, 0.1) is 13.2 Å². The molecule has 4 fully saturated rings. The fourth-order valence-electron chi connectivity index (χ4n) is 9.89. The van der Waals surface area contributed by atoms with Gasteiger partial charge in [-0.05, 0) is 92.4 Å². The molecule has 1 N–H and O–H groups in total. The van der Waals surface area contributed by atoms with Crippen molar-refractivity contribution in [3.05, 3.63) is 58.5 Å². The minimum Gasteiger partial charge on any atom is -0.386 e. The second kappa shape index (κ2) is 10.9. The Kier molecular flexibility index (Phi) is 8.07. The van der Waals surface area contributed by atoms with E-state index in [1.165, 1.54) is 0 Å². The van der Waals surface area contributed by atoms with E-state index in [0.29, 0.717) is 57.8 Å². The molecule has 0 aromatic heterocycles. The van der Waals surface area contributed by atoms with E-state index in [4.69, 9.17) is 9.47 Å². The minimum atomic E-state index is -3.91. The second-order valence-corrected chi connectivity index (χ2v) is 16.9. The number of nitrogens with zero attached hydrogens (tertiary/aromatic N) is 1. The van der Waals surface area contributed by atoms with E-state index in [2.05, 4.69) is 56.8 Å². The summed E-state index contributed by atoms with van der Waals surface area (Å²) in [6.07, 6.45) is 3.60. The van der Waals surface area contributed by atoms with Crippen LogP contribution in [0.5, 0.6) is 0 Å². The molecule has 1 aromatic rings. The molecule has 1 aromatic carbocycles. The first-order chi connectivity index (χ1) is 21.0. The first-order valence-corrected chi connectivity index (χ1v) is 17.5. The van der Waals surface area contributed by atoms with Crippen molar-refractivity contribution in [2.45, 2.75) is 125 Å². The summed E-state index contributed by atoms with van der Waals surface area (Å²) in [7, 11) is 0. The highest BCUT2D eigenvalue weighted by Crippen LogP contribution is 2.71. The molecule has 6 rings (SSSR count). The standard InChI is InChI=1S/C36H48F3NO4S/c1-7-36(38,39)32(6,37)35(41)18-15-27-25-13-16-33(40-42)20-34(43-21-30(3,4)22-44-34)17-14-28(33)29(25)26(19-31(27,35)5)23-9-11-24(12-10-23)45-8-2/h7,9-12,25-27,41H,1,8,13-22H2,2-6H3. The number of hydrogen-bond acceptors (Lipinski definition) is 6. The number of nitroso groups, excluding NO2 is 1. The van der Waals surface area contributed by atoms with Gasteiger partial charge in [-0.3, -0.25) is 0 Å². The van der Waals surface area contributed by atoms with Crippen LogP contribution in [0.2, 0.25) is 0 Å². The minimum absolute atomic E-state index is 0.0693. The van der Waals surface area contributed by atoms with E-state index < -0.39 is 33.9 Å². The Morgan fingerprint density at radius 3 is 2.36 bits per heavy atom. The van der Waals surface area contributed by atoms with Crippen LogP contribution >= 0.6 is 11.8 Å². The van der Waals surface area contributed by atoms with Crippen LogP contribution in [-0.4, -0.2) is 52.6 Å². The summed E-state index contributed by atoms with van der Waals surface area (Å²) in [5.41, 5.74) is -4.60. The molecule has 1 saturated heterocycles. The molecule has 7 unspecified atom stereocenters. The highest BCUT2D eigenvalue weighted by atomic mass is 32.2. The molecular formula is C36H48F3NO4S. The molecule has 3 saturated carbocycles. The van der Waals surface area contributed by atoms with Crippen LogP contribution in [-0.2, 0) is 9.47 Å². The Hall–Kier alpha value is -1.68.